The van der Waals surface area contributed by atoms with Gasteiger partial charge in [-0.1, -0.05) is 0 Å². The second kappa shape index (κ2) is 3.88. The Balaban J connectivity index is 1.86. The van der Waals surface area contributed by atoms with E-state index in [1.165, 1.54) is 25.0 Å². The van der Waals surface area contributed by atoms with Crippen LogP contribution in [0.5, 0.6) is 0 Å². The molecule has 0 saturated heterocycles. The fraction of sp³-hybridized carbons (Fsp3) is 0.200. The maximum absolute atomic E-state index is 12.9. The van der Waals surface area contributed by atoms with Crippen LogP contribution in [0.3, 0.4) is 0 Å². The minimum atomic E-state index is -0.230. The van der Waals surface area contributed by atoms with Crippen LogP contribution in [0.4, 0.5) is 4.39 Å². The van der Waals surface area contributed by atoms with Gasteiger partial charge in [0.1, 0.15) is 16.9 Å². The number of nitrogens with zero attached hydrogens (tertiary/aromatic N) is 2. The lowest BCUT2D eigenvalue weighted by Gasteiger charge is -2.01. The number of pyridine rings is 1. The molecule has 4 rings (SSSR count). The molecule has 1 fully saturated rings. The van der Waals surface area contributed by atoms with Crippen LogP contribution in [0.25, 0.3) is 22.3 Å². The third kappa shape index (κ3) is 1.80. The summed E-state index contributed by atoms with van der Waals surface area (Å²) in [6.45, 7) is 0. The number of halogens is 1. The van der Waals surface area contributed by atoms with Crippen molar-refractivity contribution in [2.24, 2.45) is 0 Å². The van der Waals surface area contributed by atoms with Crippen molar-refractivity contribution in [3.8, 4) is 11.3 Å². The second-order valence-corrected chi connectivity index (χ2v) is 4.98. The molecule has 0 radical (unpaired) electrons. The summed E-state index contributed by atoms with van der Waals surface area (Å²) >= 11 is 0. The summed E-state index contributed by atoms with van der Waals surface area (Å²) in [5.41, 5.74) is 4.76. The van der Waals surface area contributed by atoms with Crippen molar-refractivity contribution in [1.29, 1.82) is 0 Å². The lowest BCUT2D eigenvalue weighted by atomic mass is 10.1. The molecule has 0 unspecified atom stereocenters. The number of hydrogen-bond donors (Lipinski definition) is 1. The second-order valence-electron chi connectivity index (χ2n) is 4.98. The summed E-state index contributed by atoms with van der Waals surface area (Å²) in [7, 11) is 0. The number of benzene rings is 1. The maximum Gasteiger partial charge on any atom is 0.123 e. The molecular weight excluding hydrogens is 241 g/mol. The van der Waals surface area contributed by atoms with Crippen LogP contribution >= 0.6 is 0 Å². The molecule has 94 valence electrons. The molecule has 1 aliphatic rings. The molecule has 1 N–H and O–H groups in total. The van der Waals surface area contributed by atoms with E-state index in [1.807, 2.05) is 12.1 Å². The van der Waals surface area contributed by atoms with Crippen LogP contribution in [0.1, 0.15) is 24.5 Å². The minimum Gasteiger partial charge on any atom is -0.279 e. The van der Waals surface area contributed by atoms with E-state index < -0.39 is 0 Å². The third-order valence-corrected chi connectivity index (χ3v) is 3.55. The molecule has 0 spiro atoms. The Morgan fingerprint density at radius 2 is 1.84 bits per heavy atom. The summed E-state index contributed by atoms with van der Waals surface area (Å²) in [5.74, 6) is 0.354. The van der Waals surface area contributed by atoms with Gasteiger partial charge in [0.05, 0.1) is 11.4 Å². The van der Waals surface area contributed by atoms with E-state index in [0.29, 0.717) is 5.92 Å². The van der Waals surface area contributed by atoms with Gasteiger partial charge in [-0.05, 0) is 49.2 Å². The number of nitrogens with one attached hydrogen (secondary N) is 1. The summed E-state index contributed by atoms with van der Waals surface area (Å²) in [4.78, 5) is 4.68. The van der Waals surface area contributed by atoms with Gasteiger partial charge < -0.3 is 0 Å². The van der Waals surface area contributed by atoms with E-state index in [-0.39, 0.29) is 5.82 Å². The predicted molar refractivity (Wildman–Crippen MR) is 71.3 cm³/mol. The van der Waals surface area contributed by atoms with Crippen molar-refractivity contribution in [2.45, 2.75) is 18.8 Å². The van der Waals surface area contributed by atoms with Crippen molar-refractivity contribution in [1.82, 2.24) is 15.2 Å². The normalized spacial score (nSPS) is 15.0. The van der Waals surface area contributed by atoms with Crippen LogP contribution < -0.4 is 0 Å². The fourth-order valence-corrected chi connectivity index (χ4v) is 2.35. The van der Waals surface area contributed by atoms with Crippen LogP contribution in [0, 0.1) is 5.82 Å². The Morgan fingerprint density at radius 3 is 2.58 bits per heavy atom. The SMILES string of the molecule is Fc1ccc(-c2ccc3n[nH]c(C4CC4)c3n2)cc1. The molecule has 0 bridgehead atoms. The van der Waals surface area contributed by atoms with E-state index in [1.54, 1.807) is 12.1 Å². The fourth-order valence-electron chi connectivity index (χ4n) is 2.35. The van der Waals surface area contributed by atoms with Crippen molar-refractivity contribution in [3.05, 3.63) is 47.9 Å². The number of aromatic amines is 1. The molecule has 0 atom stereocenters. The zero-order valence-electron chi connectivity index (χ0n) is 10.2. The average molecular weight is 253 g/mol. The third-order valence-electron chi connectivity index (χ3n) is 3.55. The Labute approximate surface area is 109 Å². The molecule has 1 aromatic carbocycles. The number of rotatable bonds is 2. The first-order valence-electron chi connectivity index (χ1n) is 6.42. The van der Waals surface area contributed by atoms with Gasteiger partial charge >= 0.3 is 0 Å². The van der Waals surface area contributed by atoms with Gasteiger partial charge in [0, 0.05) is 11.5 Å². The lowest BCUT2D eigenvalue weighted by Crippen LogP contribution is -1.87. The zero-order valence-corrected chi connectivity index (χ0v) is 10.2. The number of hydrogen-bond acceptors (Lipinski definition) is 2. The Kier molecular flexibility index (Phi) is 2.18. The van der Waals surface area contributed by atoms with Crippen molar-refractivity contribution in [2.75, 3.05) is 0 Å². The largest absolute Gasteiger partial charge is 0.279 e. The molecule has 1 aliphatic carbocycles. The quantitative estimate of drug-likeness (QED) is 0.757. The molecule has 0 amide bonds. The highest BCUT2D eigenvalue weighted by Gasteiger charge is 2.28. The van der Waals surface area contributed by atoms with Gasteiger partial charge in [0.15, 0.2) is 0 Å². The first-order chi connectivity index (χ1) is 9.31. The van der Waals surface area contributed by atoms with Gasteiger partial charge in [-0.15, -0.1) is 0 Å². The Hall–Kier alpha value is -2.23. The van der Waals surface area contributed by atoms with E-state index in [4.69, 9.17) is 0 Å². The van der Waals surface area contributed by atoms with Gasteiger partial charge in [0.2, 0.25) is 0 Å². The molecule has 2 heterocycles. The Morgan fingerprint density at radius 1 is 1.05 bits per heavy atom. The summed E-state index contributed by atoms with van der Waals surface area (Å²) in [6, 6.07) is 10.3. The number of fused-ring (bicyclic) bond motifs is 1. The number of H-pyrrole nitrogens is 1. The molecule has 4 heteroatoms. The van der Waals surface area contributed by atoms with E-state index >= 15 is 0 Å². The van der Waals surface area contributed by atoms with Crippen LogP contribution in [-0.2, 0) is 0 Å². The van der Waals surface area contributed by atoms with Crippen molar-refractivity contribution >= 4 is 11.0 Å². The summed E-state index contributed by atoms with van der Waals surface area (Å²) in [6.07, 6.45) is 2.42. The number of aromatic nitrogens is 3. The highest BCUT2D eigenvalue weighted by Crippen LogP contribution is 2.41. The molecule has 3 nitrogen and oxygen atoms in total. The monoisotopic (exact) mass is 253 g/mol. The predicted octanol–water partition coefficient (Wildman–Crippen LogP) is 3.64. The molecule has 3 aromatic rings. The standard InChI is InChI=1S/C15H12FN3/c16-11-5-3-9(4-6-11)12-7-8-13-15(17-12)14(19-18-13)10-1-2-10/h3-8,10H,1-2H2,(H,18,19). The molecular formula is C15H12FN3. The maximum atomic E-state index is 12.9. The van der Waals surface area contributed by atoms with Crippen molar-refractivity contribution in [3.63, 3.8) is 0 Å². The van der Waals surface area contributed by atoms with Gasteiger partial charge in [-0.3, -0.25) is 5.10 Å². The highest BCUT2D eigenvalue weighted by molar-refractivity contribution is 5.81. The van der Waals surface area contributed by atoms with Crippen molar-refractivity contribution < 1.29 is 4.39 Å². The molecule has 0 aliphatic heterocycles. The minimum absolute atomic E-state index is 0.230. The van der Waals surface area contributed by atoms with Crippen LogP contribution in [0.15, 0.2) is 36.4 Å². The molecule has 19 heavy (non-hydrogen) atoms. The van der Waals surface area contributed by atoms with Crippen LogP contribution in [0.2, 0.25) is 0 Å². The smallest absolute Gasteiger partial charge is 0.123 e. The van der Waals surface area contributed by atoms with E-state index in [0.717, 1.165) is 28.0 Å². The van der Waals surface area contributed by atoms with Gasteiger partial charge in [-0.25, -0.2) is 9.37 Å². The van der Waals surface area contributed by atoms with Crippen LogP contribution in [-0.4, -0.2) is 15.2 Å². The first kappa shape index (κ1) is 10.7. The Bertz CT molecular complexity index is 742. The highest BCUT2D eigenvalue weighted by atomic mass is 19.1. The molecule has 2 aromatic heterocycles. The average Bonchev–Trinajstić information content (AvgIpc) is 3.19. The molecule has 1 saturated carbocycles. The first-order valence-corrected chi connectivity index (χ1v) is 6.42. The van der Waals surface area contributed by atoms with Gasteiger partial charge in [-0.2, -0.15) is 5.10 Å². The lowest BCUT2D eigenvalue weighted by molar-refractivity contribution is 0.628. The summed E-state index contributed by atoms with van der Waals surface area (Å²) < 4.78 is 12.9. The topological polar surface area (TPSA) is 41.6 Å². The van der Waals surface area contributed by atoms with E-state index in [2.05, 4.69) is 15.2 Å². The zero-order chi connectivity index (χ0) is 12.8. The summed E-state index contributed by atoms with van der Waals surface area (Å²) in [5, 5.41) is 7.37. The van der Waals surface area contributed by atoms with Gasteiger partial charge in [0.25, 0.3) is 0 Å². The van der Waals surface area contributed by atoms with E-state index in [9.17, 15) is 4.39 Å².